The number of carbonyl (C=O) groups excluding carboxylic acids is 1. The van der Waals surface area contributed by atoms with E-state index in [1.54, 1.807) is 0 Å². The third-order valence-electron chi connectivity index (χ3n) is 7.90. The number of halogens is 3. The van der Waals surface area contributed by atoms with E-state index in [0.717, 1.165) is 18.4 Å². The Morgan fingerprint density at radius 3 is 2.45 bits per heavy atom. The van der Waals surface area contributed by atoms with Crippen molar-refractivity contribution in [1.29, 1.82) is 0 Å². The van der Waals surface area contributed by atoms with Crippen molar-refractivity contribution in [2.75, 3.05) is 18.1 Å². The van der Waals surface area contributed by atoms with Gasteiger partial charge in [0.25, 0.3) is 5.91 Å². The molecule has 2 aromatic carbocycles. The van der Waals surface area contributed by atoms with Gasteiger partial charge in [-0.1, -0.05) is 18.5 Å². The molecule has 8 nitrogen and oxygen atoms in total. The molecule has 0 radical (unpaired) electrons. The zero-order valence-corrected chi connectivity index (χ0v) is 23.4. The summed E-state index contributed by atoms with van der Waals surface area (Å²) in [6.45, 7) is 3.01. The first-order valence-corrected chi connectivity index (χ1v) is 15.8. The Kier molecular flexibility index (Phi) is 7.69. The van der Waals surface area contributed by atoms with Crippen molar-refractivity contribution >= 4 is 43.1 Å². The number of amides is 1. The molecule has 0 aromatic heterocycles. The molecular weight excluding hydrogens is 562 g/mol. The van der Waals surface area contributed by atoms with Crippen molar-refractivity contribution in [2.45, 2.75) is 48.9 Å². The van der Waals surface area contributed by atoms with Crippen LogP contribution in [0, 0.1) is 36.3 Å². The Bertz CT molecular complexity index is 1500. The maximum Gasteiger partial charge on any atom is 0.255 e. The Morgan fingerprint density at radius 1 is 1.13 bits per heavy atom. The van der Waals surface area contributed by atoms with Gasteiger partial charge in [-0.2, -0.15) is 0 Å². The molecule has 0 saturated heterocycles. The topological polar surface area (TPSA) is 130 Å². The maximum absolute atomic E-state index is 13.9. The normalized spacial score (nSPS) is 27.3. The van der Waals surface area contributed by atoms with Crippen LogP contribution >= 0.6 is 11.6 Å². The van der Waals surface area contributed by atoms with Crippen LogP contribution in [0.3, 0.4) is 0 Å². The molecule has 2 aliphatic carbocycles. The van der Waals surface area contributed by atoms with Crippen molar-refractivity contribution in [3.05, 3.63) is 58.1 Å². The van der Waals surface area contributed by atoms with Gasteiger partial charge in [-0.3, -0.25) is 4.79 Å². The second kappa shape index (κ2) is 10.1. The average molecular weight is 591 g/mol. The average Bonchev–Trinajstić information content (AvgIpc) is 2.95. The minimum Gasteiger partial charge on any atom is -0.388 e. The van der Waals surface area contributed by atoms with Gasteiger partial charge >= 0.3 is 0 Å². The van der Waals surface area contributed by atoms with E-state index in [1.807, 2.05) is 6.92 Å². The van der Waals surface area contributed by atoms with E-state index in [0.29, 0.717) is 6.42 Å². The summed E-state index contributed by atoms with van der Waals surface area (Å²) >= 11 is 6.27. The number of aliphatic hydroxyl groups is 1. The van der Waals surface area contributed by atoms with E-state index in [4.69, 9.17) is 11.6 Å². The smallest absolute Gasteiger partial charge is 0.255 e. The first-order chi connectivity index (χ1) is 17.5. The van der Waals surface area contributed by atoms with Gasteiger partial charge in [0.05, 0.1) is 27.0 Å². The van der Waals surface area contributed by atoms with E-state index in [1.165, 1.54) is 25.1 Å². The number of hydrogen-bond donors (Lipinski definition) is 3. The maximum atomic E-state index is 13.9. The van der Waals surface area contributed by atoms with Gasteiger partial charge in [-0.15, -0.1) is 0 Å². The first kappa shape index (κ1) is 28.9. The Balaban J connectivity index is 1.59. The number of sulfone groups is 1. The lowest BCUT2D eigenvalue weighted by atomic mass is 9.73. The summed E-state index contributed by atoms with van der Waals surface area (Å²) in [5, 5.41) is 12.9. The van der Waals surface area contributed by atoms with Crippen LogP contribution in [0.1, 0.15) is 42.1 Å². The molecule has 1 amide bonds. The fourth-order valence-electron chi connectivity index (χ4n) is 5.85. The van der Waals surface area contributed by atoms with Crippen LogP contribution in [-0.2, 0) is 19.9 Å². The number of anilines is 1. The van der Waals surface area contributed by atoms with Crippen LogP contribution in [0.4, 0.5) is 14.5 Å². The number of benzene rings is 2. The second-order valence-corrected chi connectivity index (χ2v) is 14.8. The Labute approximate surface area is 225 Å². The number of nitrogens with one attached hydrogen (secondary N) is 2. The lowest BCUT2D eigenvalue weighted by molar-refractivity contribution is -0.0576. The predicted molar refractivity (Wildman–Crippen MR) is 139 cm³/mol. The number of fused-ring (bicyclic) bond motifs is 2. The van der Waals surface area contributed by atoms with Crippen LogP contribution in [0.15, 0.2) is 35.2 Å². The number of hydrogen-bond acceptors (Lipinski definition) is 6. The predicted octanol–water partition coefficient (Wildman–Crippen LogP) is 3.67. The first-order valence-electron chi connectivity index (χ1n) is 12.0. The van der Waals surface area contributed by atoms with Gasteiger partial charge in [0.15, 0.2) is 21.5 Å². The third kappa shape index (κ3) is 5.33. The molecule has 4 rings (SSSR count). The van der Waals surface area contributed by atoms with E-state index < -0.39 is 60.1 Å². The highest BCUT2D eigenvalue weighted by Gasteiger charge is 2.58. The van der Waals surface area contributed by atoms with Gasteiger partial charge in [-0.25, -0.2) is 30.3 Å². The lowest BCUT2D eigenvalue weighted by Gasteiger charge is -2.43. The quantitative estimate of drug-likeness (QED) is 0.451. The van der Waals surface area contributed by atoms with E-state index in [9.17, 15) is 35.5 Å². The molecule has 0 spiro atoms. The van der Waals surface area contributed by atoms with Crippen molar-refractivity contribution < 1.29 is 35.5 Å². The van der Waals surface area contributed by atoms with E-state index in [2.05, 4.69) is 10.0 Å². The van der Waals surface area contributed by atoms with Gasteiger partial charge in [0.1, 0.15) is 0 Å². The highest BCUT2D eigenvalue weighted by molar-refractivity contribution is 7.92. The van der Waals surface area contributed by atoms with Crippen LogP contribution in [0.5, 0.6) is 0 Å². The van der Waals surface area contributed by atoms with Crippen molar-refractivity contribution in [2.24, 2.45) is 17.8 Å². The molecule has 2 unspecified atom stereocenters. The second-order valence-electron chi connectivity index (χ2n) is 10.4. The summed E-state index contributed by atoms with van der Waals surface area (Å²) in [4.78, 5) is 12.6. The molecule has 208 valence electrons. The van der Waals surface area contributed by atoms with Crippen molar-refractivity contribution in [1.82, 2.24) is 4.72 Å². The highest BCUT2D eigenvalue weighted by Crippen LogP contribution is 2.54. The zero-order chi connectivity index (χ0) is 28.2. The molecule has 0 heterocycles. The third-order valence-corrected chi connectivity index (χ3v) is 11.2. The van der Waals surface area contributed by atoms with Gasteiger partial charge in [0.2, 0.25) is 10.0 Å². The molecule has 38 heavy (non-hydrogen) atoms. The van der Waals surface area contributed by atoms with Crippen LogP contribution < -0.4 is 10.0 Å². The molecule has 2 aromatic rings. The monoisotopic (exact) mass is 590 g/mol. The summed E-state index contributed by atoms with van der Waals surface area (Å²) in [5.74, 6) is -3.84. The van der Waals surface area contributed by atoms with Crippen LogP contribution in [0.25, 0.3) is 0 Å². The van der Waals surface area contributed by atoms with E-state index in [-0.39, 0.29) is 52.0 Å². The summed E-state index contributed by atoms with van der Waals surface area (Å²) in [6.07, 6.45) is 1.74. The largest absolute Gasteiger partial charge is 0.388 e. The summed E-state index contributed by atoms with van der Waals surface area (Å²) < 4.78 is 80.4. The van der Waals surface area contributed by atoms with E-state index >= 15 is 0 Å². The molecule has 2 fully saturated rings. The molecule has 2 saturated carbocycles. The number of rotatable bonds is 7. The van der Waals surface area contributed by atoms with Crippen molar-refractivity contribution in [3.8, 4) is 0 Å². The zero-order valence-electron chi connectivity index (χ0n) is 21.0. The van der Waals surface area contributed by atoms with Gasteiger partial charge < -0.3 is 10.4 Å². The lowest BCUT2D eigenvalue weighted by Crippen LogP contribution is -2.55. The summed E-state index contributed by atoms with van der Waals surface area (Å²) in [6, 6.07) is 5.85. The Morgan fingerprint density at radius 2 is 1.82 bits per heavy atom. The summed E-state index contributed by atoms with van der Waals surface area (Å²) in [7, 11) is -7.61. The SMILES string of the molecule is Cc1c(NC(=O)c2ccc(Cl)c(S(=O)(=O)[C@@H]3CC4C[C@H](C)C(C3)[C@@]4(O)CNS(C)(=O)=O)c2)ccc(F)c1F. The highest BCUT2D eigenvalue weighted by atomic mass is 35.5. The number of carbonyl (C=O) groups is 1. The molecule has 2 aliphatic rings. The molecule has 5 atom stereocenters. The molecule has 13 heteroatoms. The molecule has 0 aliphatic heterocycles. The van der Waals surface area contributed by atoms with Crippen molar-refractivity contribution in [3.63, 3.8) is 0 Å². The van der Waals surface area contributed by atoms with Crippen LogP contribution in [-0.4, -0.2) is 51.5 Å². The fraction of sp³-hybridized carbons (Fsp3) is 0.480. The Hall–Kier alpha value is -2.12. The van der Waals surface area contributed by atoms with Gasteiger partial charge in [-0.05, 0) is 74.3 Å². The summed E-state index contributed by atoms with van der Waals surface area (Å²) in [5.41, 5.74) is -1.49. The molecular formula is C25H29ClF2N2O6S2. The molecule has 3 N–H and O–H groups in total. The fourth-order valence-corrected chi connectivity index (χ4v) is 8.72. The molecule has 2 bridgehead atoms. The van der Waals surface area contributed by atoms with Crippen LogP contribution in [0.2, 0.25) is 5.02 Å². The number of sulfonamides is 1. The standard InChI is InChI=1S/C25H29ClF2N2O6S2/c1-13-8-16-10-17(11-18(13)25(16,32)12-29-37(3,33)34)38(35,36)22-9-15(4-5-19(22)26)24(31)30-21-7-6-20(27)23(28)14(21)2/h4-7,9,13,16-18,29,32H,8,10-12H2,1-3H3,(H,30,31)/t13-,16?,17+,18?,25+/m0/s1. The minimum atomic E-state index is -4.06. The minimum absolute atomic E-state index is 0.0292. The van der Waals surface area contributed by atoms with Gasteiger partial charge in [0, 0.05) is 23.4 Å².